The molecule has 4 rings (SSSR count). The lowest BCUT2D eigenvalue weighted by molar-refractivity contribution is 0.499. The number of hydrogen-bond acceptors (Lipinski definition) is 2. The second-order valence-corrected chi connectivity index (χ2v) is 8.28. The van der Waals surface area contributed by atoms with Gasteiger partial charge in [0.15, 0.2) is 5.96 Å². The van der Waals surface area contributed by atoms with Crippen molar-refractivity contribution in [3.05, 3.63) is 53.0 Å². The molecule has 1 aliphatic carbocycles. The number of para-hydroxylation sites is 1. The van der Waals surface area contributed by atoms with Crippen molar-refractivity contribution in [3.63, 3.8) is 0 Å². The van der Waals surface area contributed by atoms with Crippen LogP contribution in [0.3, 0.4) is 0 Å². The van der Waals surface area contributed by atoms with Crippen molar-refractivity contribution in [3.8, 4) is 0 Å². The van der Waals surface area contributed by atoms with Crippen molar-refractivity contribution < 1.29 is 0 Å². The first-order valence-corrected chi connectivity index (χ1v) is 10.7. The summed E-state index contributed by atoms with van der Waals surface area (Å²) in [5, 5.41) is 13.2. The molecule has 0 saturated heterocycles. The van der Waals surface area contributed by atoms with Crippen LogP contribution in [0.1, 0.15) is 48.8 Å². The Kier molecular flexibility index (Phi) is 7.44. The first kappa shape index (κ1) is 22.7. The van der Waals surface area contributed by atoms with Crippen molar-refractivity contribution in [2.75, 3.05) is 13.6 Å². The normalized spacial score (nSPS) is 16.4. The van der Waals surface area contributed by atoms with Crippen LogP contribution in [0.5, 0.6) is 0 Å². The fraction of sp³-hybridized carbons (Fsp3) is 0.478. The predicted molar refractivity (Wildman–Crippen MR) is 135 cm³/mol. The van der Waals surface area contributed by atoms with E-state index in [9.17, 15) is 0 Å². The van der Waals surface area contributed by atoms with E-state index in [1.165, 1.54) is 33.4 Å². The fourth-order valence-electron chi connectivity index (χ4n) is 4.25. The summed E-state index contributed by atoms with van der Waals surface area (Å²) >= 11 is 0. The van der Waals surface area contributed by atoms with Gasteiger partial charge >= 0.3 is 0 Å². The zero-order valence-electron chi connectivity index (χ0n) is 18.3. The SMILES string of the molecule is CN=C(NCCc1c(C)[nH]c2ccccc12)NC1CCc2cn(C(C)C)nc2C1.I. The molecule has 1 unspecified atom stereocenters. The van der Waals surface area contributed by atoms with Gasteiger partial charge in [0, 0.05) is 54.9 Å². The molecule has 7 heteroatoms. The molecule has 3 aromatic rings. The number of halogens is 1. The highest BCUT2D eigenvalue weighted by atomic mass is 127. The largest absolute Gasteiger partial charge is 0.358 e. The van der Waals surface area contributed by atoms with Gasteiger partial charge in [-0.1, -0.05) is 18.2 Å². The molecule has 0 bridgehead atoms. The van der Waals surface area contributed by atoms with E-state index >= 15 is 0 Å². The van der Waals surface area contributed by atoms with Gasteiger partial charge in [-0.25, -0.2) is 0 Å². The number of fused-ring (bicyclic) bond motifs is 2. The van der Waals surface area contributed by atoms with Crippen LogP contribution in [0, 0.1) is 6.92 Å². The lowest BCUT2D eigenvalue weighted by Gasteiger charge is -2.24. The third-order valence-electron chi connectivity index (χ3n) is 5.88. The second-order valence-electron chi connectivity index (χ2n) is 8.28. The average Bonchev–Trinajstić information content (AvgIpc) is 3.28. The Hall–Kier alpha value is -2.03. The third-order valence-corrected chi connectivity index (χ3v) is 5.88. The first-order chi connectivity index (χ1) is 14.0. The summed E-state index contributed by atoms with van der Waals surface area (Å²) < 4.78 is 2.09. The Morgan fingerprint density at radius 1 is 1.33 bits per heavy atom. The highest BCUT2D eigenvalue weighted by molar-refractivity contribution is 14.0. The van der Waals surface area contributed by atoms with E-state index in [2.05, 4.69) is 76.5 Å². The fourth-order valence-corrected chi connectivity index (χ4v) is 4.25. The molecule has 0 amide bonds. The maximum absolute atomic E-state index is 4.78. The smallest absolute Gasteiger partial charge is 0.191 e. The number of nitrogens with zero attached hydrogens (tertiary/aromatic N) is 3. The summed E-state index contributed by atoms with van der Waals surface area (Å²) in [6.07, 6.45) is 6.32. The van der Waals surface area contributed by atoms with Gasteiger partial charge in [0.25, 0.3) is 0 Å². The van der Waals surface area contributed by atoms with Crippen LogP contribution in [-0.4, -0.2) is 40.4 Å². The Morgan fingerprint density at radius 2 is 2.13 bits per heavy atom. The summed E-state index contributed by atoms with van der Waals surface area (Å²) in [6.45, 7) is 7.35. The van der Waals surface area contributed by atoms with Gasteiger partial charge in [-0.15, -0.1) is 24.0 Å². The number of guanidine groups is 1. The maximum Gasteiger partial charge on any atom is 0.191 e. The van der Waals surface area contributed by atoms with Crippen LogP contribution in [0.25, 0.3) is 10.9 Å². The minimum absolute atomic E-state index is 0. The van der Waals surface area contributed by atoms with E-state index in [0.717, 1.165) is 38.2 Å². The van der Waals surface area contributed by atoms with E-state index in [1.807, 2.05) is 7.05 Å². The topological polar surface area (TPSA) is 70.0 Å². The predicted octanol–water partition coefficient (Wildman–Crippen LogP) is 4.14. The van der Waals surface area contributed by atoms with E-state index in [1.54, 1.807) is 0 Å². The van der Waals surface area contributed by atoms with Crippen molar-refractivity contribution in [1.82, 2.24) is 25.4 Å². The summed E-state index contributed by atoms with van der Waals surface area (Å²) in [5.41, 5.74) is 6.46. The minimum Gasteiger partial charge on any atom is -0.358 e. The molecular formula is C23H33IN6. The molecule has 2 heterocycles. The quantitative estimate of drug-likeness (QED) is 0.269. The number of H-pyrrole nitrogens is 1. The summed E-state index contributed by atoms with van der Waals surface area (Å²) in [5.74, 6) is 0.874. The highest BCUT2D eigenvalue weighted by Crippen LogP contribution is 2.23. The lowest BCUT2D eigenvalue weighted by Crippen LogP contribution is -2.46. The molecule has 0 fully saturated rings. The van der Waals surface area contributed by atoms with E-state index in [4.69, 9.17) is 5.10 Å². The number of aromatic amines is 1. The molecule has 2 aromatic heterocycles. The zero-order valence-corrected chi connectivity index (χ0v) is 20.7. The molecule has 162 valence electrons. The van der Waals surface area contributed by atoms with E-state index in [-0.39, 0.29) is 24.0 Å². The molecule has 0 radical (unpaired) electrons. The molecule has 1 atom stereocenters. The van der Waals surface area contributed by atoms with E-state index in [0.29, 0.717) is 12.1 Å². The maximum atomic E-state index is 4.78. The standard InChI is InChI=1S/C23H32N6.HI/c1-15(2)29-14-17-9-10-18(13-22(17)28-29)27-23(24-4)25-12-11-19-16(3)26-21-8-6-5-7-20(19)21;/h5-8,14-15,18,26H,9-13H2,1-4H3,(H2,24,25,27);1H. The van der Waals surface area contributed by atoms with Gasteiger partial charge in [-0.05, 0) is 57.2 Å². The molecule has 1 aromatic carbocycles. The zero-order chi connectivity index (χ0) is 20.4. The molecule has 30 heavy (non-hydrogen) atoms. The lowest BCUT2D eigenvalue weighted by atomic mass is 9.94. The summed E-state index contributed by atoms with van der Waals surface area (Å²) in [6, 6.07) is 9.29. The van der Waals surface area contributed by atoms with E-state index < -0.39 is 0 Å². The Labute approximate surface area is 195 Å². The molecule has 0 saturated carbocycles. The van der Waals surface area contributed by atoms with Crippen molar-refractivity contribution in [2.24, 2.45) is 4.99 Å². The van der Waals surface area contributed by atoms with Crippen molar-refractivity contribution >= 4 is 40.8 Å². The Morgan fingerprint density at radius 3 is 2.90 bits per heavy atom. The van der Waals surface area contributed by atoms with Gasteiger partial charge in [-0.2, -0.15) is 5.10 Å². The minimum atomic E-state index is 0. The first-order valence-electron chi connectivity index (χ1n) is 10.7. The van der Waals surface area contributed by atoms with Gasteiger partial charge in [0.1, 0.15) is 0 Å². The van der Waals surface area contributed by atoms with Crippen LogP contribution < -0.4 is 10.6 Å². The van der Waals surface area contributed by atoms with Crippen LogP contribution in [-0.2, 0) is 19.3 Å². The van der Waals surface area contributed by atoms with Gasteiger partial charge in [0.2, 0.25) is 0 Å². The number of hydrogen-bond donors (Lipinski definition) is 3. The van der Waals surface area contributed by atoms with Crippen LogP contribution in [0.15, 0.2) is 35.5 Å². The molecular weight excluding hydrogens is 487 g/mol. The summed E-state index contributed by atoms with van der Waals surface area (Å²) in [4.78, 5) is 7.92. The third kappa shape index (κ3) is 4.82. The Balaban J connectivity index is 0.00000256. The molecule has 0 spiro atoms. The number of benzene rings is 1. The average molecular weight is 520 g/mol. The Bertz CT molecular complexity index is 1020. The summed E-state index contributed by atoms with van der Waals surface area (Å²) in [7, 11) is 1.84. The molecule has 0 aliphatic heterocycles. The molecule has 6 nitrogen and oxygen atoms in total. The van der Waals surface area contributed by atoms with Crippen LogP contribution >= 0.6 is 24.0 Å². The monoisotopic (exact) mass is 520 g/mol. The number of aromatic nitrogens is 3. The van der Waals surface area contributed by atoms with Crippen molar-refractivity contribution in [2.45, 2.75) is 58.5 Å². The van der Waals surface area contributed by atoms with Crippen LogP contribution in [0.2, 0.25) is 0 Å². The number of nitrogens with one attached hydrogen (secondary N) is 3. The number of rotatable bonds is 5. The van der Waals surface area contributed by atoms with Gasteiger partial charge in [0.05, 0.1) is 5.69 Å². The number of aryl methyl sites for hydroxylation is 2. The number of aliphatic imine (C=N–C) groups is 1. The van der Waals surface area contributed by atoms with Crippen molar-refractivity contribution in [1.29, 1.82) is 0 Å². The van der Waals surface area contributed by atoms with Gasteiger partial charge in [-0.3, -0.25) is 9.67 Å². The van der Waals surface area contributed by atoms with Gasteiger partial charge < -0.3 is 15.6 Å². The molecule has 1 aliphatic rings. The highest BCUT2D eigenvalue weighted by Gasteiger charge is 2.23. The second kappa shape index (κ2) is 9.85. The van der Waals surface area contributed by atoms with Crippen LogP contribution in [0.4, 0.5) is 0 Å². The molecule has 3 N–H and O–H groups in total.